The Balaban J connectivity index is 2.62. The van der Waals surface area contributed by atoms with Gasteiger partial charge in [0, 0.05) is 0 Å². The molecule has 0 saturated heterocycles. The molecule has 0 unspecified atom stereocenters. The molecule has 0 radical (unpaired) electrons. The number of nitroso groups, excluding NO2 is 1. The van der Waals surface area contributed by atoms with Crippen molar-refractivity contribution in [2.75, 3.05) is 5.43 Å². The molecule has 0 aliphatic heterocycles. The summed E-state index contributed by atoms with van der Waals surface area (Å²) < 4.78 is 4.45. The van der Waals surface area contributed by atoms with Crippen LogP contribution in [-0.4, -0.2) is 10.2 Å². The highest BCUT2D eigenvalue weighted by atomic mass is 16.4. The number of nitrogens with zero attached hydrogens (tertiary/aromatic N) is 3. The molecule has 1 aromatic rings. The molecule has 1 N–H and O–H groups in total. The molecule has 1 aromatic heterocycles. The second kappa shape index (κ2) is 2.01. The van der Waals surface area contributed by atoms with Crippen molar-refractivity contribution >= 4 is 6.01 Å². The standard InChI is InChI=1S/C2H2N4O2/c7-6-5-2-4-3-1-8-2/h1H,(H,4,5,7). The van der Waals surface area contributed by atoms with Gasteiger partial charge in [-0.2, -0.15) is 5.43 Å². The van der Waals surface area contributed by atoms with Crippen LogP contribution in [0.4, 0.5) is 6.01 Å². The van der Waals surface area contributed by atoms with Crippen molar-refractivity contribution in [1.82, 2.24) is 10.2 Å². The van der Waals surface area contributed by atoms with Crippen molar-refractivity contribution < 1.29 is 4.42 Å². The van der Waals surface area contributed by atoms with Gasteiger partial charge in [-0.15, -0.1) is 10.0 Å². The smallest absolute Gasteiger partial charge is 0.338 e. The van der Waals surface area contributed by atoms with Crippen LogP contribution in [0, 0.1) is 4.91 Å². The first-order valence-electron chi connectivity index (χ1n) is 1.78. The molecular formula is C2H2N4O2. The molecule has 0 saturated carbocycles. The first kappa shape index (κ1) is 4.69. The van der Waals surface area contributed by atoms with Gasteiger partial charge < -0.3 is 4.42 Å². The lowest BCUT2D eigenvalue weighted by Gasteiger charge is -1.78. The monoisotopic (exact) mass is 114 g/mol. The van der Waals surface area contributed by atoms with Crippen LogP contribution in [0.25, 0.3) is 0 Å². The van der Waals surface area contributed by atoms with Gasteiger partial charge in [0.15, 0.2) is 0 Å². The third-order valence-electron chi connectivity index (χ3n) is 0.501. The van der Waals surface area contributed by atoms with E-state index in [1.807, 2.05) is 5.43 Å². The summed E-state index contributed by atoms with van der Waals surface area (Å²) in [6, 6.07) is 0.000000000000000222. The van der Waals surface area contributed by atoms with E-state index < -0.39 is 0 Å². The highest BCUT2D eigenvalue weighted by Crippen LogP contribution is 1.95. The molecule has 0 amide bonds. The predicted molar refractivity (Wildman–Crippen MR) is 23.7 cm³/mol. The van der Waals surface area contributed by atoms with Crippen LogP contribution < -0.4 is 5.43 Å². The molecule has 1 rings (SSSR count). The van der Waals surface area contributed by atoms with E-state index in [4.69, 9.17) is 0 Å². The minimum Gasteiger partial charge on any atom is -0.410 e. The van der Waals surface area contributed by atoms with Gasteiger partial charge >= 0.3 is 6.01 Å². The second-order valence-electron chi connectivity index (χ2n) is 0.947. The van der Waals surface area contributed by atoms with E-state index in [0.717, 1.165) is 6.39 Å². The van der Waals surface area contributed by atoms with Crippen molar-refractivity contribution in [3.8, 4) is 0 Å². The molecule has 0 fully saturated rings. The minimum absolute atomic E-state index is 0.000000000000000222. The Bertz CT molecular complexity index is 159. The Labute approximate surface area is 43.8 Å². The summed E-state index contributed by atoms with van der Waals surface area (Å²) in [7, 11) is 0. The second-order valence-corrected chi connectivity index (χ2v) is 0.947. The maximum absolute atomic E-state index is 9.38. The highest BCUT2D eigenvalue weighted by Gasteiger charge is 1.91. The fourth-order valence-electron chi connectivity index (χ4n) is 0.261. The summed E-state index contributed by atoms with van der Waals surface area (Å²) in [5.41, 5.74) is 1.92. The van der Waals surface area contributed by atoms with Crippen LogP contribution in [0.2, 0.25) is 0 Å². The maximum atomic E-state index is 9.38. The van der Waals surface area contributed by atoms with Crippen LogP contribution in [0.3, 0.4) is 0 Å². The summed E-state index contributed by atoms with van der Waals surface area (Å²) >= 11 is 0. The lowest BCUT2D eigenvalue weighted by molar-refractivity contribution is 0.567. The summed E-state index contributed by atoms with van der Waals surface area (Å²) in [6.45, 7) is 0. The number of aromatic nitrogens is 2. The van der Waals surface area contributed by atoms with Crippen LogP contribution in [-0.2, 0) is 0 Å². The van der Waals surface area contributed by atoms with Gasteiger partial charge in [-0.05, 0) is 0 Å². The lowest BCUT2D eigenvalue weighted by Crippen LogP contribution is -1.83. The Kier molecular flexibility index (Phi) is 1.18. The average Bonchev–Trinajstić information content (AvgIpc) is 2.19. The fraction of sp³-hybridized carbons (Fsp3) is 0. The topological polar surface area (TPSA) is 80.4 Å². The number of nitrogens with one attached hydrogen (secondary N) is 1. The predicted octanol–water partition coefficient (Wildman–Crippen LogP) is 0.163. The maximum Gasteiger partial charge on any atom is 0.338 e. The molecule has 0 bridgehead atoms. The van der Waals surface area contributed by atoms with Crippen LogP contribution >= 0.6 is 0 Å². The third kappa shape index (κ3) is 0.780. The van der Waals surface area contributed by atoms with Gasteiger partial charge in [0.25, 0.3) is 0 Å². The average molecular weight is 114 g/mol. The number of hydrogen-bond acceptors (Lipinski definition) is 5. The van der Waals surface area contributed by atoms with E-state index in [0.29, 0.717) is 0 Å². The van der Waals surface area contributed by atoms with Crippen LogP contribution in [0.1, 0.15) is 0 Å². The zero-order valence-electron chi connectivity index (χ0n) is 3.74. The van der Waals surface area contributed by atoms with E-state index in [2.05, 4.69) is 19.9 Å². The van der Waals surface area contributed by atoms with Gasteiger partial charge in [-0.3, -0.25) is 0 Å². The SMILES string of the molecule is O=NNc1nnco1. The quantitative estimate of drug-likeness (QED) is 0.437. The Morgan fingerprint density at radius 2 is 2.75 bits per heavy atom. The highest BCUT2D eigenvalue weighted by molar-refractivity contribution is 5.11. The molecule has 6 heteroatoms. The Morgan fingerprint density at radius 1 is 1.88 bits per heavy atom. The van der Waals surface area contributed by atoms with E-state index >= 15 is 0 Å². The van der Waals surface area contributed by atoms with E-state index in [9.17, 15) is 4.91 Å². The summed E-state index contributed by atoms with van der Waals surface area (Å²) in [5, 5.41) is 8.83. The number of anilines is 1. The van der Waals surface area contributed by atoms with Crippen molar-refractivity contribution in [2.24, 2.45) is 5.29 Å². The van der Waals surface area contributed by atoms with Gasteiger partial charge in [0.1, 0.15) is 0 Å². The van der Waals surface area contributed by atoms with Crippen molar-refractivity contribution in [1.29, 1.82) is 0 Å². The number of rotatable bonds is 2. The van der Waals surface area contributed by atoms with Crippen molar-refractivity contribution in [2.45, 2.75) is 0 Å². The van der Waals surface area contributed by atoms with Gasteiger partial charge in [0.2, 0.25) is 6.39 Å². The molecule has 0 atom stereocenters. The Hall–Kier alpha value is -1.46. The lowest BCUT2D eigenvalue weighted by atomic mass is 11.2. The Morgan fingerprint density at radius 3 is 3.25 bits per heavy atom. The molecule has 8 heavy (non-hydrogen) atoms. The van der Waals surface area contributed by atoms with Crippen LogP contribution in [0.5, 0.6) is 0 Å². The van der Waals surface area contributed by atoms with E-state index in [1.54, 1.807) is 0 Å². The molecule has 0 aromatic carbocycles. The normalized spacial score (nSPS) is 8.50. The largest absolute Gasteiger partial charge is 0.410 e. The first-order valence-corrected chi connectivity index (χ1v) is 1.78. The first-order chi connectivity index (χ1) is 3.93. The van der Waals surface area contributed by atoms with Gasteiger partial charge in [-0.1, -0.05) is 5.10 Å². The molecule has 6 nitrogen and oxygen atoms in total. The van der Waals surface area contributed by atoms with Gasteiger partial charge in [-0.25, -0.2) is 0 Å². The molecule has 0 aliphatic rings. The van der Waals surface area contributed by atoms with Crippen LogP contribution in [0.15, 0.2) is 16.1 Å². The number of hydrogen-bond donors (Lipinski definition) is 1. The van der Waals surface area contributed by atoms with Crippen molar-refractivity contribution in [3.05, 3.63) is 11.3 Å². The molecule has 1 heterocycles. The minimum atomic E-state index is 0.000000000000000222. The summed E-state index contributed by atoms with van der Waals surface area (Å²) in [6.07, 6.45) is 1.09. The third-order valence-corrected chi connectivity index (χ3v) is 0.501. The van der Waals surface area contributed by atoms with E-state index in [1.165, 1.54) is 0 Å². The van der Waals surface area contributed by atoms with E-state index in [-0.39, 0.29) is 6.01 Å². The fourth-order valence-corrected chi connectivity index (χ4v) is 0.261. The molecular weight excluding hydrogens is 112 g/mol. The zero-order chi connectivity index (χ0) is 5.82. The molecule has 0 aliphatic carbocycles. The summed E-state index contributed by atoms with van der Waals surface area (Å²) in [4.78, 5) is 9.38. The van der Waals surface area contributed by atoms with Gasteiger partial charge in [0.05, 0.1) is 5.29 Å². The van der Waals surface area contributed by atoms with Crippen molar-refractivity contribution in [3.63, 3.8) is 0 Å². The zero-order valence-corrected chi connectivity index (χ0v) is 3.74. The molecule has 42 valence electrons. The molecule has 0 spiro atoms. The summed E-state index contributed by atoms with van der Waals surface area (Å²) in [5.74, 6) is 0.